The lowest BCUT2D eigenvalue weighted by Gasteiger charge is -2.22. The van der Waals surface area contributed by atoms with E-state index in [-0.39, 0.29) is 11.9 Å². The SMILES string of the molecule is Cc1cc(-c2cc(C(=O)N3CC(CN)CC3C)c3c(C)noc3n2)c(C)s1. The highest BCUT2D eigenvalue weighted by Crippen LogP contribution is 2.34. The Kier molecular flexibility index (Phi) is 4.52. The van der Waals surface area contributed by atoms with Crippen molar-refractivity contribution in [3.63, 3.8) is 0 Å². The second kappa shape index (κ2) is 6.73. The Morgan fingerprint density at radius 3 is 2.78 bits per heavy atom. The molecule has 4 heterocycles. The number of nitrogens with two attached hydrogens (primary N) is 1. The van der Waals surface area contributed by atoms with Crippen molar-refractivity contribution < 1.29 is 9.32 Å². The van der Waals surface area contributed by atoms with Gasteiger partial charge in [0.15, 0.2) is 0 Å². The third-order valence-corrected chi connectivity index (χ3v) is 6.39. The van der Waals surface area contributed by atoms with Crippen LogP contribution in [0.25, 0.3) is 22.4 Å². The molecule has 0 spiro atoms. The summed E-state index contributed by atoms with van der Waals surface area (Å²) in [6.07, 6.45) is 0.939. The van der Waals surface area contributed by atoms with Crippen LogP contribution >= 0.6 is 11.3 Å². The lowest BCUT2D eigenvalue weighted by Crippen LogP contribution is -2.34. The molecule has 1 aliphatic rings. The quantitative estimate of drug-likeness (QED) is 0.744. The van der Waals surface area contributed by atoms with E-state index in [1.807, 2.05) is 17.9 Å². The number of carbonyl (C=O) groups excluding carboxylic acids is 1. The molecule has 0 bridgehead atoms. The minimum absolute atomic E-state index is 0.00278. The molecule has 1 aliphatic heterocycles. The van der Waals surface area contributed by atoms with Gasteiger partial charge in [0.25, 0.3) is 11.6 Å². The molecule has 2 N–H and O–H groups in total. The molecule has 7 heteroatoms. The van der Waals surface area contributed by atoms with Crippen molar-refractivity contribution in [3.8, 4) is 11.3 Å². The Balaban J connectivity index is 1.85. The number of likely N-dealkylation sites (tertiary alicyclic amines) is 1. The number of thiophene rings is 1. The number of fused-ring (bicyclic) bond motifs is 1. The molecule has 1 saturated heterocycles. The minimum Gasteiger partial charge on any atom is -0.336 e. The van der Waals surface area contributed by atoms with Gasteiger partial charge in [-0.15, -0.1) is 11.3 Å². The van der Waals surface area contributed by atoms with Gasteiger partial charge in [-0.2, -0.15) is 0 Å². The molecule has 0 aromatic carbocycles. The first-order chi connectivity index (χ1) is 12.9. The number of rotatable bonds is 3. The number of nitrogens with zero attached hydrogens (tertiary/aromatic N) is 3. The molecule has 0 radical (unpaired) electrons. The van der Waals surface area contributed by atoms with Crippen LogP contribution in [-0.4, -0.2) is 40.1 Å². The van der Waals surface area contributed by atoms with E-state index in [0.717, 1.165) is 17.7 Å². The van der Waals surface area contributed by atoms with Gasteiger partial charge in [-0.3, -0.25) is 4.79 Å². The van der Waals surface area contributed by atoms with Crippen LogP contribution < -0.4 is 5.73 Å². The van der Waals surface area contributed by atoms with Crippen molar-refractivity contribution in [2.45, 2.75) is 40.2 Å². The number of carbonyl (C=O) groups is 1. The molecule has 0 aliphatic carbocycles. The van der Waals surface area contributed by atoms with E-state index in [9.17, 15) is 4.79 Å². The Bertz CT molecular complexity index is 1020. The highest BCUT2D eigenvalue weighted by Gasteiger charge is 2.34. The number of aryl methyl sites for hydroxylation is 3. The zero-order valence-corrected chi connectivity index (χ0v) is 16.9. The Labute approximate surface area is 162 Å². The second-order valence-corrected chi connectivity index (χ2v) is 8.93. The highest BCUT2D eigenvalue weighted by molar-refractivity contribution is 7.12. The van der Waals surface area contributed by atoms with E-state index >= 15 is 0 Å². The summed E-state index contributed by atoms with van der Waals surface area (Å²) in [5, 5.41) is 4.76. The van der Waals surface area contributed by atoms with Crippen LogP contribution in [0.1, 0.15) is 39.2 Å². The average molecular weight is 385 g/mol. The normalized spacial score (nSPS) is 20.0. The van der Waals surface area contributed by atoms with Crippen molar-refractivity contribution in [1.29, 1.82) is 0 Å². The molecule has 2 unspecified atom stereocenters. The lowest BCUT2D eigenvalue weighted by atomic mass is 10.0. The molecule has 3 aromatic rings. The summed E-state index contributed by atoms with van der Waals surface area (Å²) < 4.78 is 5.43. The molecular formula is C20H24N4O2S. The van der Waals surface area contributed by atoms with Crippen LogP contribution in [-0.2, 0) is 0 Å². The van der Waals surface area contributed by atoms with E-state index in [0.29, 0.717) is 41.4 Å². The zero-order chi connectivity index (χ0) is 19.3. The van der Waals surface area contributed by atoms with Gasteiger partial charge in [0, 0.05) is 27.9 Å². The first kappa shape index (κ1) is 18.1. The van der Waals surface area contributed by atoms with Crippen molar-refractivity contribution in [3.05, 3.63) is 33.1 Å². The van der Waals surface area contributed by atoms with Gasteiger partial charge in [0.05, 0.1) is 22.3 Å². The third-order valence-electron chi connectivity index (χ3n) is 5.42. The van der Waals surface area contributed by atoms with E-state index in [2.05, 4.69) is 37.0 Å². The Morgan fingerprint density at radius 1 is 1.37 bits per heavy atom. The van der Waals surface area contributed by atoms with Crippen molar-refractivity contribution in [1.82, 2.24) is 15.0 Å². The van der Waals surface area contributed by atoms with Crippen LogP contribution in [0.4, 0.5) is 0 Å². The fourth-order valence-corrected chi connectivity index (χ4v) is 4.97. The van der Waals surface area contributed by atoms with Gasteiger partial charge in [-0.25, -0.2) is 4.98 Å². The van der Waals surface area contributed by atoms with E-state index < -0.39 is 0 Å². The van der Waals surface area contributed by atoms with Gasteiger partial charge in [0.1, 0.15) is 0 Å². The maximum Gasteiger partial charge on any atom is 0.259 e. The summed E-state index contributed by atoms with van der Waals surface area (Å²) in [7, 11) is 0. The smallest absolute Gasteiger partial charge is 0.259 e. The maximum atomic E-state index is 13.4. The third kappa shape index (κ3) is 3.04. The predicted molar refractivity (Wildman–Crippen MR) is 107 cm³/mol. The monoisotopic (exact) mass is 384 g/mol. The number of hydrogen-bond acceptors (Lipinski definition) is 6. The van der Waals surface area contributed by atoms with Crippen LogP contribution in [0.3, 0.4) is 0 Å². The molecule has 0 saturated carbocycles. The highest BCUT2D eigenvalue weighted by atomic mass is 32.1. The van der Waals surface area contributed by atoms with Crippen LogP contribution in [0.5, 0.6) is 0 Å². The fraction of sp³-hybridized carbons (Fsp3) is 0.450. The van der Waals surface area contributed by atoms with Crippen LogP contribution in [0, 0.1) is 26.7 Å². The average Bonchev–Trinajstić information content (AvgIpc) is 3.30. The molecule has 3 aromatic heterocycles. The first-order valence-electron chi connectivity index (χ1n) is 9.24. The minimum atomic E-state index is 0.00278. The summed E-state index contributed by atoms with van der Waals surface area (Å²) in [6.45, 7) is 9.37. The molecule has 4 rings (SSSR count). The number of aromatic nitrogens is 2. The van der Waals surface area contributed by atoms with Gasteiger partial charge in [-0.05, 0) is 58.7 Å². The summed E-state index contributed by atoms with van der Waals surface area (Å²) in [4.78, 5) is 22.4. The molecule has 142 valence electrons. The number of pyridine rings is 1. The second-order valence-electron chi connectivity index (χ2n) is 7.47. The molecule has 1 fully saturated rings. The molecular weight excluding hydrogens is 360 g/mol. The summed E-state index contributed by atoms with van der Waals surface area (Å²) in [6, 6.07) is 4.17. The van der Waals surface area contributed by atoms with Gasteiger partial charge in [0.2, 0.25) is 0 Å². The summed E-state index contributed by atoms with van der Waals surface area (Å²) >= 11 is 1.72. The first-order valence-corrected chi connectivity index (χ1v) is 10.1. The Morgan fingerprint density at radius 2 is 2.15 bits per heavy atom. The topological polar surface area (TPSA) is 85.2 Å². The zero-order valence-electron chi connectivity index (χ0n) is 16.1. The van der Waals surface area contributed by atoms with E-state index in [1.54, 1.807) is 11.3 Å². The van der Waals surface area contributed by atoms with Gasteiger partial charge >= 0.3 is 0 Å². The predicted octanol–water partition coefficient (Wildman–Crippen LogP) is 3.69. The number of hydrogen-bond donors (Lipinski definition) is 1. The standard InChI is InChI=1S/C20H24N4O2S/c1-10-5-14(8-21)9-24(10)20(25)16-7-17(15-6-11(2)27-13(15)4)22-19-18(16)12(3)23-26-19/h6-7,10,14H,5,8-9,21H2,1-4H3. The summed E-state index contributed by atoms with van der Waals surface area (Å²) in [5.74, 6) is 0.356. The van der Waals surface area contributed by atoms with Crippen LogP contribution in [0.15, 0.2) is 16.7 Å². The Hall–Kier alpha value is -2.25. The van der Waals surface area contributed by atoms with Crippen molar-refractivity contribution in [2.75, 3.05) is 13.1 Å². The lowest BCUT2D eigenvalue weighted by molar-refractivity contribution is 0.0745. The molecule has 6 nitrogen and oxygen atoms in total. The van der Waals surface area contributed by atoms with Crippen LogP contribution in [0.2, 0.25) is 0 Å². The van der Waals surface area contributed by atoms with Crippen molar-refractivity contribution in [2.24, 2.45) is 11.7 Å². The largest absolute Gasteiger partial charge is 0.336 e. The molecule has 27 heavy (non-hydrogen) atoms. The molecule has 1 amide bonds. The maximum absolute atomic E-state index is 13.4. The van der Waals surface area contributed by atoms with Gasteiger partial charge < -0.3 is 15.2 Å². The van der Waals surface area contributed by atoms with Crippen molar-refractivity contribution >= 4 is 28.3 Å². The molecule has 2 atom stereocenters. The van der Waals surface area contributed by atoms with E-state index in [4.69, 9.17) is 10.3 Å². The summed E-state index contributed by atoms with van der Waals surface area (Å²) in [5.41, 5.74) is 9.35. The van der Waals surface area contributed by atoms with E-state index in [1.165, 1.54) is 9.75 Å². The van der Waals surface area contributed by atoms with Gasteiger partial charge in [-0.1, -0.05) is 5.16 Å². The fourth-order valence-electron chi connectivity index (χ4n) is 4.04. The number of amides is 1.